The molecule has 0 N–H and O–H groups in total. The van der Waals surface area contributed by atoms with Crippen LogP contribution in [0.3, 0.4) is 0 Å². The van der Waals surface area contributed by atoms with Gasteiger partial charge in [0.25, 0.3) is 0 Å². The molecule has 0 saturated heterocycles. The van der Waals surface area contributed by atoms with Crippen molar-refractivity contribution in [2.45, 2.75) is 71.2 Å². The van der Waals surface area contributed by atoms with Gasteiger partial charge < -0.3 is 18.6 Å². The molecule has 33 heavy (non-hydrogen) atoms. The van der Waals surface area contributed by atoms with E-state index in [9.17, 15) is 9.59 Å². The fourth-order valence-electron chi connectivity index (χ4n) is 2.68. The van der Waals surface area contributed by atoms with Crippen LogP contribution in [0.15, 0.2) is 60.7 Å². The molecule has 6 nitrogen and oxygen atoms in total. The van der Waals surface area contributed by atoms with Crippen LogP contribution in [-0.2, 0) is 41.4 Å². The predicted octanol–water partition coefficient (Wildman–Crippen LogP) is 5.27. The molecule has 2 aromatic rings. The minimum absolute atomic E-state index is 0.0338. The highest BCUT2D eigenvalue weighted by atomic mass is 28.4. The number of esters is 2. The van der Waals surface area contributed by atoms with Gasteiger partial charge in [0.2, 0.25) is 0 Å². The molecule has 2 rings (SSSR count). The van der Waals surface area contributed by atoms with E-state index >= 15 is 0 Å². The minimum atomic E-state index is -2.29. The van der Waals surface area contributed by atoms with Crippen LogP contribution in [0.5, 0.6) is 0 Å². The van der Waals surface area contributed by atoms with E-state index < -0.39 is 32.5 Å². The Labute approximate surface area is 198 Å². The lowest BCUT2D eigenvalue weighted by Crippen LogP contribution is -2.48. The smallest absolute Gasteiger partial charge is 0.347 e. The second kappa shape index (κ2) is 12.1. The fraction of sp³-hybridized carbons (Fsp3) is 0.462. The van der Waals surface area contributed by atoms with Crippen LogP contribution in [0, 0.1) is 0 Å². The highest BCUT2D eigenvalue weighted by Crippen LogP contribution is 2.37. The van der Waals surface area contributed by atoms with Gasteiger partial charge in [0.05, 0.1) is 13.2 Å². The van der Waals surface area contributed by atoms with Gasteiger partial charge in [-0.1, -0.05) is 81.4 Å². The standard InChI is InChI=1S/C26H36O6Si/c1-20(24(27)30-18-22-15-11-8-12-16-22)31-25(28)23(32-33(5,6)26(2,3)4)19-29-17-21-13-9-7-10-14-21/h7-16,20,23H,17-19H2,1-6H3/t20-,23?/m0/s1. The van der Waals surface area contributed by atoms with Crippen molar-refractivity contribution < 1.29 is 28.2 Å². The van der Waals surface area contributed by atoms with Gasteiger partial charge in [-0.2, -0.15) is 0 Å². The number of hydrogen-bond acceptors (Lipinski definition) is 6. The fourth-order valence-corrected chi connectivity index (χ4v) is 3.91. The zero-order valence-corrected chi connectivity index (χ0v) is 21.5. The molecule has 2 aromatic carbocycles. The highest BCUT2D eigenvalue weighted by molar-refractivity contribution is 6.74. The zero-order valence-electron chi connectivity index (χ0n) is 20.5. The van der Waals surface area contributed by atoms with E-state index in [4.69, 9.17) is 18.6 Å². The Balaban J connectivity index is 1.98. The van der Waals surface area contributed by atoms with Crippen LogP contribution >= 0.6 is 0 Å². The number of benzene rings is 2. The lowest BCUT2D eigenvalue weighted by atomic mass is 10.2. The molecule has 0 aliphatic heterocycles. The summed E-state index contributed by atoms with van der Waals surface area (Å²) < 4.78 is 22.8. The Hall–Kier alpha value is -2.48. The quantitative estimate of drug-likeness (QED) is 0.328. The maximum atomic E-state index is 13.0. The van der Waals surface area contributed by atoms with E-state index in [0.717, 1.165) is 11.1 Å². The molecule has 0 heterocycles. The molecule has 0 saturated carbocycles. The summed E-state index contributed by atoms with van der Waals surface area (Å²) in [6.07, 6.45) is -1.99. The van der Waals surface area contributed by atoms with E-state index in [1.54, 1.807) is 0 Å². The van der Waals surface area contributed by atoms with Gasteiger partial charge in [0, 0.05) is 0 Å². The second-order valence-electron chi connectivity index (χ2n) is 9.54. The molecular weight excluding hydrogens is 436 g/mol. The van der Waals surface area contributed by atoms with Crippen LogP contribution in [0.1, 0.15) is 38.8 Å². The number of rotatable bonds is 11. The number of carbonyl (C=O) groups excluding carboxylic acids is 2. The summed E-state index contributed by atoms with van der Waals surface area (Å²) in [5.74, 6) is -1.24. The van der Waals surface area contributed by atoms with E-state index in [2.05, 4.69) is 33.9 Å². The Bertz CT molecular complexity index is 877. The Morgan fingerprint density at radius 3 is 1.88 bits per heavy atom. The van der Waals surface area contributed by atoms with Gasteiger partial charge in [0.1, 0.15) is 6.61 Å². The van der Waals surface area contributed by atoms with E-state index in [1.807, 2.05) is 60.7 Å². The second-order valence-corrected chi connectivity index (χ2v) is 14.3. The molecule has 180 valence electrons. The third-order valence-corrected chi connectivity index (χ3v) is 10.2. The topological polar surface area (TPSA) is 71.1 Å². The van der Waals surface area contributed by atoms with Crippen molar-refractivity contribution in [1.82, 2.24) is 0 Å². The normalized spacial score (nSPS) is 13.8. The average molecular weight is 473 g/mol. The van der Waals surface area contributed by atoms with E-state index in [-0.39, 0.29) is 18.3 Å². The number of carbonyl (C=O) groups is 2. The Morgan fingerprint density at radius 2 is 1.36 bits per heavy atom. The van der Waals surface area contributed by atoms with Crippen LogP contribution in [0.4, 0.5) is 0 Å². The minimum Gasteiger partial charge on any atom is -0.458 e. The van der Waals surface area contributed by atoms with Crippen molar-refractivity contribution in [3.8, 4) is 0 Å². The van der Waals surface area contributed by atoms with Crippen molar-refractivity contribution in [2.75, 3.05) is 6.61 Å². The van der Waals surface area contributed by atoms with Crippen LogP contribution in [0.2, 0.25) is 18.1 Å². The molecule has 0 radical (unpaired) electrons. The molecule has 7 heteroatoms. The van der Waals surface area contributed by atoms with Gasteiger partial charge in [0.15, 0.2) is 20.5 Å². The van der Waals surface area contributed by atoms with Crippen molar-refractivity contribution in [3.05, 3.63) is 71.8 Å². The largest absolute Gasteiger partial charge is 0.458 e. The molecule has 1 unspecified atom stereocenters. The highest BCUT2D eigenvalue weighted by Gasteiger charge is 2.41. The zero-order chi connectivity index (χ0) is 24.5. The van der Waals surface area contributed by atoms with Gasteiger partial charge in [-0.05, 0) is 36.2 Å². The molecule has 0 aliphatic carbocycles. The van der Waals surface area contributed by atoms with Gasteiger partial charge in [-0.25, -0.2) is 9.59 Å². The van der Waals surface area contributed by atoms with Crippen molar-refractivity contribution >= 4 is 20.3 Å². The van der Waals surface area contributed by atoms with Crippen molar-refractivity contribution in [3.63, 3.8) is 0 Å². The van der Waals surface area contributed by atoms with Gasteiger partial charge in [-0.15, -0.1) is 0 Å². The lowest BCUT2D eigenvalue weighted by molar-refractivity contribution is -0.173. The van der Waals surface area contributed by atoms with Gasteiger partial charge in [-0.3, -0.25) is 0 Å². The summed E-state index contributed by atoms with van der Waals surface area (Å²) in [6.45, 7) is 12.4. The molecule has 0 amide bonds. The average Bonchev–Trinajstić information content (AvgIpc) is 2.77. The van der Waals surface area contributed by atoms with Crippen molar-refractivity contribution in [1.29, 1.82) is 0 Å². The molecule has 0 aliphatic rings. The number of hydrogen-bond donors (Lipinski definition) is 0. The predicted molar refractivity (Wildman–Crippen MR) is 130 cm³/mol. The first-order valence-corrected chi connectivity index (χ1v) is 14.1. The summed E-state index contributed by atoms with van der Waals surface area (Å²) in [5.41, 5.74) is 1.85. The van der Waals surface area contributed by atoms with E-state index in [1.165, 1.54) is 6.92 Å². The third kappa shape index (κ3) is 8.76. The molecule has 0 aromatic heterocycles. The van der Waals surface area contributed by atoms with Crippen LogP contribution in [0.25, 0.3) is 0 Å². The summed E-state index contributed by atoms with van der Waals surface area (Å²) in [6, 6.07) is 19.0. The first-order valence-electron chi connectivity index (χ1n) is 11.2. The van der Waals surface area contributed by atoms with Crippen molar-refractivity contribution in [2.24, 2.45) is 0 Å². The van der Waals surface area contributed by atoms with Gasteiger partial charge >= 0.3 is 11.9 Å². The molecule has 0 fully saturated rings. The molecular formula is C26H36O6Si. The summed E-state index contributed by atoms with van der Waals surface area (Å²) in [5, 5.41) is -0.106. The SMILES string of the molecule is C[C@H](OC(=O)C(COCc1ccccc1)O[Si](C)(C)C(C)(C)C)C(=O)OCc1ccccc1. The molecule has 2 atom stereocenters. The summed E-state index contributed by atoms with van der Waals surface area (Å²) in [7, 11) is -2.29. The molecule has 0 spiro atoms. The summed E-state index contributed by atoms with van der Waals surface area (Å²) in [4.78, 5) is 25.3. The molecule has 0 bridgehead atoms. The maximum Gasteiger partial charge on any atom is 0.347 e. The first kappa shape index (κ1) is 26.8. The monoisotopic (exact) mass is 472 g/mol. The summed E-state index contributed by atoms with van der Waals surface area (Å²) >= 11 is 0. The maximum absolute atomic E-state index is 13.0. The Morgan fingerprint density at radius 1 is 0.848 bits per heavy atom. The lowest BCUT2D eigenvalue weighted by Gasteiger charge is -2.38. The van der Waals surface area contributed by atoms with Crippen LogP contribution < -0.4 is 0 Å². The third-order valence-electron chi connectivity index (χ3n) is 5.74. The Kier molecular flexibility index (Phi) is 9.82. The van der Waals surface area contributed by atoms with Crippen LogP contribution in [-0.4, -0.2) is 39.1 Å². The van der Waals surface area contributed by atoms with E-state index in [0.29, 0.717) is 6.61 Å². The number of ether oxygens (including phenoxy) is 3. The first-order chi connectivity index (χ1) is 15.5.